The standard InChI is InChI=1S/C11H8FNO/c12-9-3-5-10(6-4-9)13-8-11-2-1-7-14-11/h1-8H. The minimum Gasteiger partial charge on any atom is -0.463 e. The summed E-state index contributed by atoms with van der Waals surface area (Å²) in [6.07, 6.45) is 3.17. The van der Waals surface area contributed by atoms with Crippen LogP contribution in [0.25, 0.3) is 0 Å². The van der Waals surface area contributed by atoms with Gasteiger partial charge in [0.25, 0.3) is 0 Å². The Kier molecular flexibility index (Phi) is 2.40. The maximum Gasteiger partial charge on any atom is 0.144 e. The number of nitrogens with zero attached hydrogens (tertiary/aromatic N) is 1. The Morgan fingerprint density at radius 1 is 1.14 bits per heavy atom. The lowest BCUT2D eigenvalue weighted by molar-refractivity contribution is 0.560. The summed E-state index contributed by atoms with van der Waals surface area (Å²) in [5, 5.41) is 0. The molecule has 2 aromatic rings. The van der Waals surface area contributed by atoms with Crippen LogP contribution in [0.2, 0.25) is 0 Å². The molecule has 1 aromatic heterocycles. The Balaban J connectivity index is 2.15. The molecule has 0 aliphatic heterocycles. The van der Waals surface area contributed by atoms with Crippen molar-refractivity contribution in [2.45, 2.75) is 0 Å². The van der Waals surface area contributed by atoms with Crippen LogP contribution in [0.1, 0.15) is 5.76 Å². The number of hydrogen-bond donors (Lipinski definition) is 0. The van der Waals surface area contributed by atoms with Gasteiger partial charge in [0.15, 0.2) is 0 Å². The van der Waals surface area contributed by atoms with Gasteiger partial charge in [0.05, 0.1) is 18.2 Å². The molecule has 0 radical (unpaired) electrons. The molecule has 2 rings (SSSR count). The second-order valence-corrected chi connectivity index (χ2v) is 2.75. The zero-order chi connectivity index (χ0) is 9.80. The molecule has 0 aliphatic rings. The van der Waals surface area contributed by atoms with Crippen molar-refractivity contribution in [1.29, 1.82) is 0 Å². The molecule has 3 heteroatoms. The van der Waals surface area contributed by atoms with Gasteiger partial charge in [-0.1, -0.05) is 0 Å². The van der Waals surface area contributed by atoms with Gasteiger partial charge < -0.3 is 4.42 Å². The molecule has 0 N–H and O–H groups in total. The third kappa shape index (κ3) is 2.07. The van der Waals surface area contributed by atoms with Gasteiger partial charge in [-0.2, -0.15) is 0 Å². The van der Waals surface area contributed by atoms with Crippen LogP contribution in [0.15, 0.2) is 52.1 Å². The predicted molar refractivity (Wildman–Crippen MR) is 52.4 cm³/mol. The van der Waals surface area contributed by atoms with Crippen molar-refractivity contribution in [3.05, 3.63) is 54.2 Å². The fourth-order valence-electron chi connectivity index (χ4n) is 1.03. The molecule has 0 spiro atoms. The summed E-state index contributed by atoms with van der Waals surface area (Å²) in [6.45, 7) is 0. The zero-order valence-electron chi connectivity index (χ0n) is 7.35. The van der Waals surface area contributed by atoms with E-state index in [1.54, 1.807) is 36.7 Å². The monoisotopic (exact) mass is 189 g/mol. The molecule has 2 nitrogen and oxygen atoms in total. The molecular formula is C11H8FNO. The number of hydrogen-bond acceptors (Lipinski definition) is 2. The van der Waals surface area contributed by atoms with E-state index >= 15 is 0 Å². The highest BCUT2D eigenvalue weighted by atomic mass is 19.1. The van der Waals surface area contributed by atoms with Crippen molar-refractivity contribution in [2.24, 2.45) is 4.99 Å². The van der Waals surface area contributed by atoms with Gasteiger partial charge in [0.1, 0.15) is 11.6 Å². The van der Waals surface area contributed by atoms with Crippen LogP contribution in [0.3, 0.4) is 0 Å². The third-order valence-electron chi connectivity index (χ3n) is 1.71. The highest BCUT2D eigenvalue weighted by Crippen LogP contribution is 2.12. The Hall–Kier alpha value is -1.90. The van der Waals surface area contributed by atoms with Crippen molar-refractivity contribution >= 4 is 11.9 Å². The van der Waals surface area contributed by atoms with Gasteiger partial charge in [-0.3, -0.25) is 4.99 Å². The number of furan rings is 1. The van der Waals surface area contributed by atoms with E-state index in [4.69, 9.17) is 4.42 Å². The van der Waals surface area contributed by atoms with Crippen LogP contribution in [0.5, 0.6) is 0 Å². The maximum atomic E-state index is 12.5. The molecule has 0 fully saturated rings. The van der Waals surface area contributed by atoms with Gasteiger partial charge >= 0.3 is 0 Å². The summed E-state index contributed by atoms with van der Waals surface area (Å²) in [6, 6.07) is 9.53. The number of benzene rings is 1. The van der Waals surface area contributed by atoms with Gasteiger partial charge in [0.2, 0.25) is 0 Å². The second-order valence-electron chi connectivity index (χ2n) is 2.75. The number of rotatable bonds is 2. The molecule has 0 unspecified atom stereocenters. The summed E-state index contributed by atoms with van der Waals surface area (Å²) in [4.78, 5) is 4.10. The lowest BCUT2D eigenvalue weighted by Gasteiger charge is -1.91. The molecule has 1 heterocycles. The molecule has 0 saturated carbocycles. The Morgan fingerprint density at radius 2 is 1.93 bits per heavy atom. The van der Waals surface area contributed by atoms with Gasteiger partial charge in [-0.25, -0.2) is 4.39 Å². The largest absolute Gasteiger partial charge is 0.463 e. The predicted octanol–water partition coefficient (Wildman–Crippen LogP) is 3.17. The SMILES string of the molecule is Fc1ccc(N=Cc2ccco2)cc1. The van der Waals surface area contributed by atoms with E-state index in [9.17, 15) is 4.39 Å². The first-order valence-electron chi connectivity index (χ1n) is 4.18. The van der Waals surface area contributed by atoms with Crippen LogP contribution in [0, 0.1) is 5.82 Å². The Bertz CT molecular complexity index is 417. The average Bonchev–Trinajstić information content (AvgIpc) is 2.70. The van der Waals surface area contributed by atoms with Crippen molar-refractivity contribution < 1.29 is 8.81 Å². The number of halogens is 1. The summed E-state index contributed by atoms with van der Waals surface area (Å²) < 4.78 is 17.6. The topological polar surface area (TPSA) is 25.5 Å². The quantitative estimate of drug-likeness (QED) is 0.666. The van der Waals surface area contributed by atoms with E-state index in [1.165, 1.54) is 12.1 Å². The lowest BCUT2D eigenvalue weighted by Crippen LogP contribution is -1.74. The smallest absolute Gasteiger partial charge is 0.144 e. The first-order chi connectivity index (χ1) is 6.84. The highest BCUT2D eigenvalue weighted by Gasteiger charge is 1.91. The first kappa shape index (κ1) is 8.69. The fourth-order valence-corrected chi connectivity index (χ4v) is 1.03. The van der Waals surface area contributed by atoms with Crippen LogP contribution >= 0.6 is 0 Å². The first-order valence-corrected chi connectivity index (χ1v) is 4.18. The minimum absolute atomic E-state index is 0.262. The van der Waals surface area contributed by atoms with Gasteiger partial charge in [-0.15, -0.1) is 0 Å². The Labute approximate surface area is 80.7 Å². The van der Waals surface area contributed by atoms with E-state index in [1.807, 2.05) is 0 Å². The van der Waals surface area contributed by atoms with E-state index < -0.39 is 0 Å². The van der Waals surface area contributed by atoms with E-state index in [0.29, 0.717) is 11.4 Å². The normalized spacial score (nSPS) is 10.9. The molecule has 1 aromatic carbocycles. The zero-order valence-corrected chi connectivity index (χ0v) is 7.35. The van der Waals surface area contributed by atoms with Crippen molar-refractivity contribution in [3.8, 4) is 0 Å². The van der Waals surface area contributed by atoms with E-state index in [2.05, 4.69) is 4.99 Å². The van der Waals surface area contributed by atoms with Crippen LogP contribution in [-0.2, 0) is 0 Å². The molecule has 0 bridgehead atoms. The maximum absolute atomic E-state index is 12.5. The summed E-state index contributed by atoms with van der Waals surface area (Å²) in [5.74, 6) is 0.413. The van der Waals surface area contributed by atoms with Gasteiger partial charge in [0, 0.05) is 0 Å². The fraction of sp³-hybridized carbons (Fsp3) is 0. The molecular weight excluding hydrogens is 181 g/mol. The molecule has 0 aliphatic carbocycles. The number of aliphatic imine (C=N–C) groups is 1. The minimum atomic E-state index is -0.262. The van der Waals surface area contributed by atoms with Crippen LogP contribution in [0.4, 0.5) is 10.1 Å². The molecule has 0 atom stereocenters. The second kappa shape index (κ2) is 3.87. The average molecular weight is 189 g/mol. The summed E-state index contributed by atoms with van der Waals surface area (Å²) >= 11 is 0. The summed E-state index contributed by atoms with van der Waals surface area (Å²) in [5.41, 5.74) is 0.697. The van der Waals surface area contributed by atoms with Crippen LogP contribution < -0.4 is 0 Å². The molecule has 0 saturated heterocycles. The van der Waals surface area contributed by atoms with Crippen molar-refractivity contribution in [2.75, 3.05) is 0 Å². The molecule has 70 valence electrons. The van der Waals surface area contributed by atoms with E-state index in [-0.39, 0.29) is 5.82 Å². The van der Waals surface area contributed by atoms with E-state index in [0.717, 1.165) is 0 Å². The Morgan fingerprint density at radius 3 is 2.57 bits per heavy atom. The van der Waals surface area contributed by atoms with Gasteiger partial charge in [-0.05, 0) is 36.4 Å². The summed E-state index contributed by atoms with van der Waals surface area (Å²) in [7, 11) is 0. The molecule has 0 amide bonds. The van der Waals surface area contributed by atoms with Crippen molar-refractivity contribution in [1.82, 2.24) is 0 Å². The highest BCUT2D eigenvalue weighted by molar-refractivity contribution is 5.78. The lowest BCUT2D eigenvalue weighted by atomic mass is 10.3. The molecule has 14 heavy (non-hydrogen) atoms. The van der Waals surface area contributed by atoms with Crippen LogP contribution in [-0.4, -0.2) is 6.21 Å². The van der Waals surface area contributed by atoms with Crippen molar-refractivity contribution in [3.63, 3.8) is 0 Å². The third-order valence-corrected chi connectivity index (χ3v) is 1.71.